The van der Waals surface area contributed by atoms with Gasteiger partial charge >= 0.3 is 0 Å². The lowest BCUT2D eigenvalue weighted by Crippen LogP contribution is -2.52. The first kappa shape index (κ1) is 23.9. The van der Waals surface area contributed by atoms with E-state index in [9.17, 15) is 24.0 Å². The SMILES string of the molecule is O=C1CCC(N2Cc3cc(C(=O)NCc4ccc(C(=O)Nc5ccccc5)cc4)ncc3C2=O)C(=O)N1. The Morgan fingerprint density at radius 2 is 1.76 bits per heavy atom. The third kappa shape index (κ3) is 5.08. The minimum absolute atomic E-state index is 0.149. The van der Waals surface area contributed by atoms with E-state index in [-0.39, 0.29) is 49.3 Å². The van der Waals surface area contributed by atoms with Crippen LogP contribution in [-0.4, -0.2) is 45.5 Å². The Morgan fingerprint density at radius 3 is 2.49 bits per heavy atom. The van der Waals surface area contributed by atoms with Gasteiger partial charge in [0.15, 0.2) is 0 Å². The van der Waals surface area contributed by atoms with Gasteiger partial charge in [0.1, 0.15) is 11.7 Å². The summed E-state index contributed by atoms with van der Waals surface area (Å²) >= 11 is 0. The number of nitrogens with zero attached hydrogens (tertiary/aromatic N) is 2. The van der Waals surface area contributed by atoms with Crippen LogP contribution in [0.2, 0.25) is 0 Å². The molecule has 1 unspecified atom stereocenters. The van der Waals surface area contributed by atoms with Gasteiger partial charge in [0, 0.05) is 37.0 Å². The molecule has 0 spiro atoms. The van der Waals surface area contributed by atoms with E-state index in [2.05, 4.69) is 20.9 Å². The Labute approximate surface area is 212 Å². The summed E-state index contributed by atoms with van der Waals surface area (Å²) in [4.78, 5) is 67.1. The maximum Gasteiger partial charge on any atom is 0.270 e. The molecule has 2 aromatic carbocycles. The highest BCUT2D eigenvalue weighted by atomic mass is 16.2. The molecule has 10 heteroatoms. The Morgan fingerprint density at radius 1 is 1.00 bits per heavy atom. The molecular weight excluding hydrogens is 474 g/mol. The van der Waals surface area contributed by atoms with Gasteiger partial charge in [-0.05, 0) is 47.9 Å². The average Bonchev–Trinajstić information content (AvgIpc) is 3.23. The number of imide groups is 1. The maximum absolute atomic E-state index is 12.8. The summed E-state index contributed by atoms with van der Waals surface area (Å²) in [7, 11) is 0. The third-order valence-electron chi connectivity index (χ3n) is 6.34. The van der Waals surface area contributed by atoms with Crippen LogP contribution >= 0.6 is 0 Å². The predicted octanol–water partition coefficient (Wildman–Crippen LogP) is 2.02. The fourth-order valence-corrected chi connectivity index (χ4v) is 4.36. The van der Waals surface area contributed by atoms with Gasteiger partial charge in [-0.1, -0.05) is 30.3 Å². The summed E-state index contributed by atoms with van der Waals surface area (Å²) in [5.74, 6) is -1.84. The molecule has 0 radical (unpaired) electrons. The molecule has 5 rings (SSSR count). The standard InChI is InChI=1S/C27H23N5O5/c33-23-11-10-22(26(36)31-23)32-15-18-12-21(28-14-20(18)27(32)37)25(35)29-13-16-6-8-17(9-7-16)24(34)30-19-4-2-1-3-5-19/h1-9,12,14,22H,10-11,13,15H2,(H,29,35)(H,30,34)(H,31,33,36). The van der Waals surface area contributed by atoms with Crippen molar-refractivity contribution >= 4 is 35.2 Å². The van der Waals surface area contributed by atoms with Crippen molar-refractivity contribution in [2.45, 2.75) is 32.0 Å². The molecule has 0 aliphatic carbocycles. The van der Waals surface area contributed by atoms with Crippen LogP contribution in [0.5, 0.6) is 0 Å². The van der Waals surface area contributed by atoms with Crippen molar-refractivity contribution in [3.05, 3.63) is 94.8 Å². The van der Waals surface area contributed by atoms with E-state index in [4.69, 9.17) is 0 Å². The number of amides is 5. The molecule has 0 bridgehead atoms. The van der Waals surface area contributed by atoms with E-state index in [1.165, 1.54) is 11.1 Å². The largest absolute Gasteiger partial charge is 0.347 e. The molecule has 2 aliphatic heterocycles. The number of rotatable bonds is 6. The summed E-state index contributed by atoms with van der Waals surface area (Å²) in [6, 6.07) is 16.8. The quantitative estimate of drug-likeness (QED) is 0.446. The second kappa shape index (κ2) is 10.0. The highest BCUT2D eigenvalue weighted by Crippen LogP contribution is 2.27. The Bertz CT molecular complexity index is 1400. The lowest BCUT2D eigenvalue weighted by Gasteiger charge is -2.29. The molecule has 3 N–H and O–H groups in total. The highest BCUT2D eigenvalue weighted by molar-refractivity contribution is 6.06. The van der Waals surface area contributed by atoms with Crippen LogP contribution in [0.15, 0.2) is 66.9 Å². The smallest absolute Gasteiger partial charge is 0.270 e. The number of fused-ring (bicyclic) bond motifs is 1. The van der Waals surface area contributed by atoms with Crippen molar-refractivity contribution in [2.24, 2.45) is 0 Å². The molecule has 1 fully saturated rings. The van der Waals surface area contributed by atoms with E-state index in [1.54, 1.807) is 42.5 Å². The molecule has 0 saturated carbocycles. The zero-order valence-corrected chi connectivity index (χ0v) is 19.7. The van der Waals surface area contributed by atoms with Gasteiger partial charge in [0.05, 0.1) is 5.56 Å². The number of piperidine rings is 1. The van der Waals surface area contributed by atoms with E-state index < -0.39 is 17.9 Å². The van der Waals surface area contributed by atoms with Gasteiger partial charge in [0.25, 0.3) is 17.7 Å². The number of nitrogens with one attached hydrogen (secondary N) is 3. The van der Waals surface area contributed by atoms with Crippen LogP contribution in [0.4, 0.5) is 5.69 Å². The van der Waals surface area contributed by atoms with Crippen LogP contribution in [0.1, 0.15) is 55.2 Å². The van der Waals surface area contributed by atoms with Crippen molar-refractivity contribution in [1.82, 2.24) is 20.5 Å². The molecule has 1 atom stereocenters. The second-order valence-corrected chi connectivity index (χ2v) is 8.83. The fraction of sp³-hybridized carbons (Fsp3) is 0.185. The van der Waals surface area contributed by atoms with Gasteiger partial charge in [-0.2, -0.15) is 0 Å². The highest BCUT2D eigenvalue weighted by Gasteiger charge is 2.39. The number of hydrogen-bond acceptors (Lipinski definition) is 6. The van der Waals surface area contributed by atoms with E-state index in [0.717, 1.165) is 5.56 Å². The normalized spacial score (nSPS) is 16.7. The third-order valence-corrected chi connectivity index (χ3v) is 6.34. The molecule has 1 saturated heterocycles. The van der Waals surface area contributed by atoms with Crippen molar-refractivity contribution < 1.29 is 24.0 Å². The Balaban J connectivity index is 1.19. The van der Waals surface area contributed by atoms with Crippen LogP contribution < -0.4 is 16.0 Å². The monoisotopic (exact) mass is 497 g/mol. The topological polar surface area (TPSA) is 138 Å². The van der Waals surface area contributed by atoms with Gasteiger partial charge in [-0.25, -0.2) is 0 Å². The summed E-state index contributed by atoms with van der Waals surface area (Å²) in [6.07, 6.45) is 1.78. The van der Waals surface area contributed by atoms with Crippen molar-refractivity contribution in [3.8, 4) is 0 Å². The lowest BCUT2D eigenvalue weighted by atomic mass is 10.0. The van der Waals surface area contributed by atoms with Crippen LogP contribution in [0.3, 0.4) is 0 Å². The van der Waals surface area contributed by atoms with Crippen LogP contribution in [-0.2, 0) is 22.7 Å². The molecule has 5 amide bonds. The summed E-state index contributed by atoms with van der Waals surface area (Å²) in [6.45, 7) is 0.384. The molecule has 3 aromatic rings. The lowest BCUT2D eigenvalue weighted by molar-refractivity contribution is -0.136. The molecule has 37 heavy (non-hydrogen) atoms. The summed E-state index contributed by atoms with van der Waals surface area (Å²) < 4.78 is 0. The van der Waals surface area contributed by atoms with Gasteiger partial charge in [-0.15, -0.1) is 0 Å². The van der Waals surface area contributed by atoms with Crippen LogP contribution in [0.25, 0.3) is 0 Å². The van der Waals surface area contributed by atoms with Gasteiger partial charge in [0.2, 0.25) is 11.8 Å². The summed E-state index contributed by atoms with van der Waals surface area (Å²) in [5.41, 5.74) is 3.08. The number of para-hydroxylation sites is 1. The number of anilines is 1. The zero-order valence-electron chi connectivity index (χ0n) is 19.7. The molecule has 2 aliphatic rings. The first-order valence-electron chi connectivity index (χ1n) is 11.8. The van der Waals surface area contributed by atoms with Crippen molar-refractivity contribution in [2.75, 3.05) is 5.32 Å². The first-order chi connectivity index (χ1) is 17.9. The average molecular weight is 498 g/mol. The van der Waals surface area contributed by atoms with E-state index in [1.807, 2.05) is 18.2 Å². The van der Waals surface area contributed by atoms with Crippen LogP contribution in [0, 0.1) is 0 Å². The molecule has 3 heterocycles. The number of aromatic nitrogens is 1. The summed E-state index contributed by atoms with van der Waals surface area (Å²) in [5, 5.41) is 7.87. The van der Waals surface area contributed by atoms with E-state index >= 15 is 0 Å². The predicted molar refractivity (Wildman–Crippen MR) is 132 cm³/mol. The number of carbonyl (C=O) groups is 5. The molecular formula is C27H23N5O5. The van der Waals surface area contributed by atoms with Crippen molar-refractivity contribution in [1.29, 1.82) is 0 Å². The van der Waals surface area contributed by atoms with Gasteiger partial charge in [-0.3, -0.25) is 34.3 Å². The number of carbonyl (C=O) groups excluding carboxylic acids is 5. The minimum Gasteiger partial charge on any atom is -0.347 e. The molecule has 1 aromatic heterocycles. The first-order valence-corrected chi connectivity index (χ1v) is 11.8. The number of benzene rings is 2. The number of pyridine rings is 1. The van der Waals surface area contributed by atoms with Crippen molar-refractivity contribution in [3.63, 3.8) is 0 Å². The van der Waals surface area contributed by atoms with Gasteiger partial charge < -0.3 is 15.5 Å². The Hall–Kier alpha value is -4.86. The fourth-order valence-electron chi connectivity index (χ4n) is 4.36. The van der Waals surface area contributed by atoms with E-state index in [0.29, 0.717) is 22.4 Å². The Kier molecular flexibility index (Phi) is 6.46. The number of hydrogen-bond donors (Lipinski definition) is 3. The molecule has 10 nitrogen and oxygen atoms in total. The zero-order chi connectivity index (χ0) is 25.9. The minimum atomic E-state index is -0.729. The molecule has 186 valence electrons. The maximum atomic E-state index is 12.8. The second-order valence-electron chi connectivity index (χ2n) is 8.83.